The number of carbonyl (C=O) groups is 2. The first kappa shape index (κ1) is 21.1. The molecule has 0 atom stereocenters. The molecule has 0 radical (unpaired) electrons. The number of methoxy groups -OCH3 is 4. The Morgan fingerprint density at radius 2 is 1.54 bits per heavy atom. The molecule has 2 aromatic carbocycles. The normalized spacial score (nSPS) is 10.1. The van der Waals surface area contributed by atoms with Gasteiger partial charge in [-0.3, -0.25) is 4.79 Å². The van der Waals surface area contributed by atoms with Crippen molar-refractivity contribution in [2.24, 2.45) is 0 Å². The summed E-state index contributed by atoms with van der Waals surface area (Å²) in [5.74, 6) is 1.16. The zero-order chi connectivity index (χ0) is 20.5. The molecular weight excluding hydrogens is 362 g/mol. The Hall–Kier alpha value is -3.22. The van der Waals surface area contributed by atoms with Crippen LogP contribution in [-0.4, -0.2) is 40.3 Å². The van der Waals surface area contributed by atoms with Crippen molar-refractivity contribution >= 4 is 11.9 Å². The fourth-order valence-electron chi connectivity index (χ4n) is 2.77. The Morgan fingerprint density at radius 1 is 0.857 bits per heavy atom. The van der Waals surface area contributed by atoms with E-state index in [9.17, 15) is 9.59 Å². The van der Waals surface area contributed by atoms with E-state index < -0.39 is 0 Å². The van der Waals surface area contributed by atoms with Crippen molar-refractivity contribution in [3.05, 3.63) is 53.1 Å². The average Bonchev–Trinajstić information content (AvgIpc) is 2.74. The summed E-state index contributed by atoms with van der Waals surface area (Å²) in [6, 6.07) is 10.5. The van der Waals surface area contributed by atoms with Crippen molar-refractivity contribution in [2.75, 3.05) is 28.4 Å². The molecule has 0 bridgehead atoms. The number of esters is 1. The van der Waals surface area contributed by atoms with Gasteiger partial charge in [0.25, 0.3) is 0 Å². The van der Waals surface area contributed by atoms with E-state index in [1.54, 1.807) is 51.7 Å². The van der Waals surface area contributed by atoms with Gasteiger partial charge in [0, 0.05) is 13.0 Å². The number of aryl methyl sites for hydroxylation is 1. The topological polar surface area (TPSA) is 83.1 Å². The number of hydrogen-bond acceptors (Lipinski definition) is 6. The third-order valence-electron chi connectivity index (χ3n) is 4.27. The second kappa shape index (κ2) is 10.2. The van der Waals surface area contributed by atoms with Crippen molar-refractivity contribution in [1.29, 1.82) is 0 Å². The van der Waals surface area contributed by atoms with Gasteiger partial charge >= 0.3 is 5.97 Å². The van der Waals surface area contributed by atoms with Crippen LogP contribution in [0.1, 0.15) is 27.9 Å². The summed E-state index contributed by atoms with van der Waals surface area (Å²) in [5.41, 5.74) is 2.22. The summed E-state index contributed by atoms with van der Waals surface area (Å²) >= 11 is 0. The van der Waals surface area contributed by atoms with Gasteiger partial charge in [0.1, 0.15) is 0 Å². The maximum atomic E-state index is 12.2. The molecule has 0 aliphatic carbocycles. The zero-order valence-electron chi connectivity index (χ0n) is 16.5. The van der Waals surface area contributed by atoms with Crippen LogP contribution in [0.4, 0.5) is 0 Å². The molecule has 2 rings (SSSR count). The third-order valence-corrected chi connectivity index (χ3v) is 4.27. The van der Waals surface area contributed by atoms with Gasteiger partial charge < -0.3 is 24.3 Å². The molecule has 28 heavy (non-hydrogen) atoms. The molecule has 0 saturated carbocycles. The molecular formula is C21H25NO6. The second-order valence-electron chi connectivity index (χ2n) is 5.96. The predicted molar refractivity (Wildman–Crippen MR) is 104 cm³/mol. The Bertz CT molecular complexity index is 816. The lowest BCUT2D eigenvalue weighted by atomic mass is 10.1. The smallest absolute Gasteiger partial charge is 0.337 e. The second-order valence-corrected chi connectivity index (χ2v) is 5.96. The molecule has 0 aliphatic rings. The van der Waals surface area contributed by atoms with Crippen LogP contribution in [0.2, 0.25) is 0 Å². The van der Waals surface area contributed by atoms with Crippen LogP contribution >= 0.6 is 0 Å². The van der Waals surface area contributed by atoms with Gasteiger partial charge in [-0.25, -0.2) is 4.79 Å². The predicted octanol–water partition coefficient (Wildman–Crippen LogP) is 2.75. The maximum absolute atomic E-state index is 12.2. The zero-order valence-corrected chi connectivity index (χ0v) is 16.5. The first-order chi connectivity index (χ1) is 13.5. The van der Waals surface area contributed by atoms with E-state index in [2.05, 4.69) is 10.1 Å². The van der Waals surface area contributed by atoms with E-state index in [0.717, 1.165) is 11.1 Å². The molecule has 0 aromatic heterocycles. The molecule has 0 unspecified atom stereocenters. The van der Waals surface area contributed by atoms with Gasteiger partial charge in [-0.15, -0.1) is 0 Å². The van der Waals surface area contributed by atoms with Crippen molar-refractivity contribution in [3.63, 3.8) is 0 Å². The van der Waals surface area contributed by atoms with Gasteiger partial charge in [-0.05, 0) is 35.7 Å². The molecule has 0 aliphatic heterocycles. The Kier molecular flexibility index (Phi) is 7.68. The largest absolute Gasteiger partial charge is 0.493 e. The lowest BCUT2D eigenvalue weighted by molar-refractivity contribution is -0.121. The summed E-state index contributed by atoms with van der Waals surface area (Å²) in [4.78, 5) is 23.6. The number of carbonyl (C=O) groups excluding carboxylic acids is 2. The first-order valence-corrected chi connectivity index (χ1v) is 8.75. The van der Waals surface area contributed by atoms with Crippen LogP contribution < -0.4 is 19.5 Å². The summed E-state index contributed by atoms with van der Waals surface area (Å²) in [6.45, 7) is 0.378. The quantitative estimate of drug-likeness (QED) is 0.666. The Balaban J connectivity index is 1.93. The summed E-state index contributed by atoms with van der Waals surface area (Å²) < 4.78 is 20.7. The van der Waals surface area contributed by atoms with Crippen molar-refractivity contribution in [1.82, 2.24) is 5.32 Å². The highest BCUT2D eigenvalue weighted by atomic mass is 16.5. The van der Waals surface area contributed by atoms with E-state index in [4.69, 9.17) is 14.2 Å². The number of rotatable bonds is 9. The highest BCUT2D eigenvalue weighted by Crippen LogP contribution is 2.40. The molecule has 2 aromatic rings. The minimum Gasteiger partial charge on any atom is -0.493 e. The SMILES string of the molecule is COC(=O)c1ccc(CNC(=O)CCc2ccc(OC)c(OC)c2OC)cc1. The molecule has 1 amide bonds. The van der Waals surface area contributed by atoms with Gasteiger partial charge in [0.15, 0.2) is 11.5 Å². The van der Waals surface area contributed by atoms with Crippen LogP contribution in [0, 0.1) is 0 Å². The number of ether oxygens (including phenoxy) is 4. The molecule has 7 nitrogen and oxygen atoms in total. The summed E-state index contributed by atoms with van der Waals surface area (Å²) in [7, 11) is 5.99. The van der Waals surface area contributed by atoms with Crippen molar-refractivity contribution in [3.8, 4) is 17.2 Å². The molecule has 0 spiro atoms. The van der Waals surface area contributed by atoms with Crippen molar-refractivity contribution in [2.45, 2.75) is 19.4 Å². The van der Waals surface area contributed by atoms with Gasteiger partial charge in [-0.2, -0.15) is 0 Å². The molecule has 0 saturated heterocycles. The van der Waals surface area contributed by atoms with E-state index in [0.29, 0.717) is 42.2 Å². The molecule has 0 fully saturated rings. The minimum atomic E-state index is -0.389. The standard InChI is InChI=1S/C21H25NO6/c1-25-17-11-9-15(19(26-2)20(17)27-3)10-12-18(23)22-13-14-5-7-16(8-6-14)21(24)28-4/h5-9,11H,10,12-13H2,1-4H3,(H,22,23). The van der Waals surface area contributed by atoms with Crippen LogP contribution in [0.5, 0.6) is 17.2 Å². The highest BCUT2D eigenvalue weighted by molar-refractivity contribution is 5.89. The van der Waals surface area contributed by atoms with Gasteiger partial charge in [0.05, 0.1) is 34.0 Å². The minimum absolute atomic E-state index is 0.0890. The number of hydrogen-bond donors (Lipinski definition) is 1. The lowest BCUT2D eigenvalue weighted by Crippen LogP contribution is -2.23. The monoisotopic (exact) mass is 387 g/mol. The van der Waals surface area contributed by atoms with E-state index >= 15 is 0 Å². The fraction of sp³-hybridized carbons (Fsp3) is 0.333. The molecule has 150 valence electrons. The number of benzene rings is 2. The maximum Gasteiger partial charge on any atom is 0.337 e. The van der Waals surface area contributed by atoms with E-state index in [1.165, 1.54) is 7.11 Å². The Morgan fingerprint density at radius 3 is 2.11 bits per heavy atom. The third kappa shape index (κ3) is 5.16. The summed E-state index contributed by atoms with van der Waals surface area (Å²) in [6.07, 6.45) is 0.794. The van der Waals surface area contributed by atoms with Gasteiger partial charge in [-0.1, -0.05) is 18.2 Å². The number of amides is 1. The molecule has 1 N–H and O–H groups in total. The number of nitrogens with one attached hydrogen (secondary N) is 1. The van der Waals surface area contributed by atoms with E-state index in [-0.39, 0.29) is 11.9 Å². The van der Waals surface area contributed by atoms with Crippen LogP contribution in [0.3, 0.4) is 0 Å². The van der Waals surface area contributed by atoms with Gasteiger partial charge in [0.2, 0.25) is 11.7 Å². The van der Waals surface area contributed by atoms with Crippen LogP contribution in [0.15, 0.2) is 36.4 Å². The first-order valence-electron chi connectivity index (χ1n) is 8.75. The fourth-order valence-corrected chi connectivity index (χ4v) is 2.77. The summed E-state index contributed by atoms with van der Waals surface area (Å²) in [5, 5.41) is 2.87. The highest BCUT2D eigenvalue weighted by Gasteiger charge is 2.16. The van der Waals surface area contributed by atoms with Crippen LogP contribution in [0.25, 0.3) is 0 Å². The Labute approximate surface area is 164 Å². The van der Waals surface area contributed by atoms with Crippen LogP contribution in [-0.2, 0) is 22.5 Å². The molecule has 0 heterocycles. The van der Waals surface area contributed by atoms with Crippen molar-refractivity contribution < 1.29 is 28.5 Å². The average molecular weight is 387 g/mol. The molecule has 7 heteroatoms. The lowest BCUT2D eigenvalue weighted by Gasteiger charge is -2.15. The van der Waals surface area contributed by atoms with E-state index in [1.807, 2.05) is 6.07 Å².